The summed E-state index contributed by atoms with van der Waals surface area (Å²) in [7, 11) is 1.89. The fourth-order valence-electron chi connectivity index (χ4n) is 6.03. The summed E-state index contributed by atoms with van der Waals surface area (Å²) >= 11 is 0. The quantitative estimate of drug-likeness (QED) is 0.394. The fourth-order valence-corrected chi connectivity index (χ4v) is 6.03. The van der Waals surface area contributed by atoms with Gasteiger partial charge < -0.3 is 14.8 Å². The van der Waals surface area contributed by atoms with Crippen molar-refractivity contribution in [1.29, 1.82) is 0 Å². The first-order chi connectivity index (χ1) is 17.5. The Balaban J connectivity index is 1.46. The number of ether oxygens (including phenoxy) is 2. The molecule has 0 aromatic heterocycles. The molecular weight excluding hydrogens is 452 g/mol. The molecule has 0 aliphatic carbocycles. The summed E-state index contributed by atoms with van der Waals surface area (Å²) in [6.07, 6.45) is -0.378. The maximum atomic E-state index is 13.7. The molecule has 0 saturated carbocycles. The molecule has 0 bridgehead atoms. The molecular formula is C30H23N2O4+. The highest BCUT2D eigenvalue weighted by atomic mass is 16.6. The van der Waals surface area contributed by atoms with Crippen LogP contribution in [0.5, 0.6) is 11.5 Å². The second-order valence-corrected chi connectivity index (χ2v) is 9.68. The Kier molecular flexibility index (Phi) is 4.23. The van der Waals surface area contributed by atoms with Gasteiger partial charge in [-0.25, -0.2) is 0 Å². The maximum Gasteiger partial charge on any atom is 0.527 e. The van der Waals surface area contributed by atoms with Gasteiger partial charge in [-0.3, -0.25) is 4.79 Å². The molecule has 7 rings (SSSR count). The van der Waals surface area contributed by atoms with Crippen LogP contribution >= 0.6 is 0 Å². The molecule has 2 atom stereocenters. The van der Waals surface area contributed by atoms with Crippen LogP contribution in [-0.2, 0) is 10.2 Å². The number of rotatable bonds is 3. The zero-order valence-electron chi connectivity index (χ0n) is 19.6. The monoisotopic (exact) mass is 475 g/mol. The molecule has 4 aromatic carbocycles. The van der Waals surface area contributed by atoms with Crippen molar-refractivity contribution in [3.05, 3.63) is 119 Å². The number of anilines is 1. The normalized spacial score (nSPS) is 23.2. The Labute approximate surface area is 208 Å². The largest absolute Gasteiger partial charge is 0.527 e. The van der Waals surface area contributed by atoms with Gasteiger partial charge in [-0.15, -0.1) is 0 Å². The number of hydrogen-bond donors (Lipinski definition) is 1. The number of quaternary nitrogens is 1. The number of fused-ring (bicyclic) bond motifs is 5. The molecule has 3 heterocycles. The van der Waals surface area contributed by atoms with E-state index in [1.807, 2.05) is 98.0 Å². The van der Waals surface area contributed by atoms with Crippen LogP contribution in [0, 0.1) is 0 Å². The lowest BCUT2D eigenvalue weighted by atomic mass is 9.77. The van der Waals surface area contributed by atoms with Crippen molar-refractivity contribution in [2.45, 2.75) is 11.5 Å². The molecule has 1 N–H and O–H groups in total. The van der Waals surface area contributed by atoms with E-state index in [1.54, 1.807) is 6.07 Å². The topological polar surface area (TPSA) is 64.6 Å². The molecule has 36 heavy (non-hydrogen) atoms. The molecule has 4 aromatic rings. The molecule has 1 spiro atoms. The van der Waals surface area contributed by atoms with Gasteiger partial charge in [0, 0.05) is 34.5 Å². The van der Waals surface area contributed by atoms with Crippen molar-refractivity contribution in [3.8, 4) is 11.5 Å². The van der Waals surface area contributed by atoms with Crippen molar-refractivity contribution in [1.82, 2.24) is 4.48 Å². The predicted octanol–water partition coefficient (Wildman–Crippen LogP) is 5.56. The van der Waals surface area contributed by atoms with Gasteiger partial charge >= 0.3 is 6.09 Å². The summed E-state index contributed by atoms with van der Waals surface area (Å²) in [5.74, 6) is 0.907. The van der Waals surface area contributed by atoms with Gasteiger partial charge in [0.05, 0.1) is 7.05 Å². The van der Waals surface area contributed by atoms with Crippen LogP contribution in [0.2, 0.25) is 0 Å². The molecule has 176 valence electrons. The summed E-state index contributed by atoms with van der Waals surface area (Å²) in [6, 6.07) is 31.0. The standard InChI is InChI=1S/C30H22N2O4/c1-32(27(19-10-4-2-5-11-19)20-12-6-3-7-13-20)24-16-22-25(17-26(24)36-29(32)34)35-18-30(22)21-14-8-9-15-23(21)31-28(30)33/h2-17,27H,18H2,1H3/p+1. The maximum absolute atomic E-state index is 13.7. The summed E-state index contributed by atoms with van der Waals surface area (Å²) in [5, 5.41) is 3.02. The van der Waals surface area contributed by atoms with Crippen LogP contribution < -0.4 is 19.3 Å². The first-order valence-corrected chi connectivity index (χ1v) is 11.9. The second-order valence-electron chi connectivity index (χ2n) is 9.68. The zero-order valence-corrected chi connectivity index (χ0v) is 19.6. The van der Waals surface area contributed by atoms with Gasteiger partial charge in [0.2, 0.25) is 11.7 Å². The third-order valence-corrected chi connectivity index (χ3v) is 7.81. The lowest BCUT2D eigenvalue weighted by molar-refractivity contribution is -0.119. The SMILES string of the molecule is C[N+]1(C(c2ccccc2)c2ccccc2)C(=O)Oc2cc3c(cc21)C1(CO3)C(=O)Nc2ccccc21. The minimum atomic E-state index is -0.966. The van der Waals surface area contributed by atoms with E-state index in [0.29, 0.717) is 17.2 Å². The molecule has 6 heteroatoms. The summed E-state index contributed by atoms with van der Waals surface area (Å²) in [5.41, 5.74) is 4.15. The van der Waals surface area contributed by atoms with E-state index < -0.39 is 5.41 Å². The van der Waals surface area contributed by atoms with Crippen molar-refractivity contribution >= 4 is 23.4 Å². The fraction of sp³-hybridized carbons (Fsp3) is 0.133. The molecule has 3 aliphatic heterocycles. The summed E-state index contributed by atoms with van der Waals surface area (Å²) in [4.78, 5) is 27.1. The average molecular weight is 476 g/mol. The molecule has 3 aliphatic rings. The van der Waals surface area contributed by atoms with Crippen molar-refractivity contribution in [2.75, 3.05) is 19.0 Å². The van der Waals surface area contributed by atoms with Crippen molar-refractivity contribution in [3.63, 3.8) is 0 Å². The van der Waals surface area contributed by atoms with Gasteiger partial charge in [-0.05, 0) is 11.6 Å². The molecule has 6 nitrogen and oxygen atoms in total. The number of carbonyl (C=O) groups is 2. The highest BCUT2D eigenvalue weighted by Crippen LogP contribution is 2.56. The Bertz CT molecular complexity index is 1510. The smallest absolute Gasteiger partial charge is 0.491 e. The van der Waals surface area contributed by atoms with E-state index in [2.05, 4.69) is 5.32 Å². The van der Waals surface area contributed by atoms with Crippen LogP contribution in [0.25, 0.3) is 0 Å². The Morgan fingerprint density at radius 1 is 0.806 bits per heavy atom. The van der Waals surface area contributed by atoms with Gasteiger partial charge in [0.1, 0.15) is 17.8 Å². The van der Waals surface area contributed by atoms with E-state index in [0.717, 1.165) is 27.9 Å². The number of nitrogens with zero attached hydrogens (tertiary/aromatic N) is 1. The van der Waals surface area contributed by atoms with E-state index in [-0.39, 0.29) is 29.1 Å². The number of para-hydroxylation sites is 1. The highest BCUT2D eigenvalue weighted by Gasteiger charge is 2.58. The number of benzene rings is 4. The lowest BCUT2D eigenvalue weighted by Crippen LogP contribution is -2.51. The van der Waals surface area contributed by atoms with E-state index in [9.17, 15) is 9.59 Å². The Hall–Kier alpha value is -4.42. The first-order valence-electron chi connectivity index (χ1n) is 11.9. The van der Waals surface area contributed by atoms with Crippen molar-refractivity contribution < 1.29 is 19.1 Å². The highest BCUT2D eigenvalue weighted by molar-refractivity contribution is 6.10. The summed E-state index contributed by atoms with van der Waals surface area (Å²) < 4.78 is 11.8. The average Bonchev–Trinajstić information content (AvgIpc) is 3.50. The Morgan fingerprint density at radius 2 is 1.44 bits per heavy atom. The lowest BCUT2D eigenvalue weighted by Gasteiger charge is -2.33. The second kappa shape index (κ2) is 7.29. The first kappa shape index (κ1) is 20.9. The van der Waals surface area contributed by atoms with Crippen LogP contribution in [-0.4, -0.2) is 25.7 Å². The van der Waals surface area contributed by atoms with Crippen molar-refractivity contribution in [2.24, 2.45) is 0 Å². The zero-order chi connectivity index (χ0) is 24.5. The van der Waals surface area contributed by atoms with Crippen LogP contribution in [0.1, 0.15) is 28.3 Å². The molecule has 0 radical (unpaired) electrons. The molecule has 0 fully saturated rings. The van der Waals surface area contributed by atoms with Crippen LogP contribution in [0.3, 0.4) is 0 Å². The number of nitrogens with one attached hydrogen (secondary N) is 1. The number of hydrogen-bond acceptors (Lipinski definition) is 4. The van der Waals surface area contributed by atoms with Gasteiger partial charge in [-0.1, -0.05) is 78.9 Å². The molecule has 0 saturated heterocycles. The third kappa shape index (κ3) is 2.59. The summed E-state index contributed by atoms with van der Waals surface area (Å²) in [6.45, 7) is 0.201. The van der Waals surface area contributed by atoms with Gasteiger partial charge in [0.25, 0.3) is 0 Å². The number of carbonyl (C=O) groups excluding carboxylic acids is 2. The van der Waals surface area contributed by atoms with Crippen LogP contribution in [0.4, 0.5) is 16.2 Å². The van der Waals surface area contributed by atoms with Gasteiger partial charge in [0.15, 0.2) is 11.7 Å². The van der Waals surface area contributed by atoms with E-state index in [1.165, 1.54) is 0 Å². The molecule has 2 unspecified atom stereocenters. The van der Waals surface area contributed by atoms with E-state index >= 15 is 0 Å². The minimum absolute atomic E-state index is 0.115. The molecule has 2 amide bonds. The third-order valence-electron chi connectivity index (χ3n) is 7.81. The minimum Gasteiger partial charge on any atom is -0.491 e. The van der Waals surface area contributed by atoms with Crippen LogP contribution in [0.15, 0.2) is 97.1 Å². The number of amides is 2. The predicted molar refractivity (Wildman–Crippen MR) is 136 cm³/mol. The van der Waals surface area contributed by atoms with Gasteiger partial charge in [-0.2, -0.15) is 9.28 Å². The Morgan fingerprint density at radius 3 is 2.14 bits per heavy atom. The van der Waals surface area contributed by atoms with E-state index in [4.69, 9.17) is 9.47 Å².